The second kappa shape index (κ2) is 2.49. The lowest BCUT2D eigenvalue weighted by Gasteiger charge is -2.37. The summed E-state index contributed by atoms with van der Waals surface area (Å²) in [6, 6.07) is 4.08. The van der Waals surface area contributed by atoms with Gasteiger partial charge in [-0.15, -0.1) is 11.3 Å². The highest BCUT2D eigenvalue weighted by Crippen LogP contribution is 2.46. The molecule has 11 heavy (non-hydrogen) atoms. The Morgan fingerprint density at radius 2 is 2.18 bits per heavy atom. The quantitative estimate of drug-likeness (QED) is 0.627. The van der Waals surface area contributed by atoms with E-state index in [-0.39, 0.29) is 5.41 Å². The predicted molar refractivity (Wildman–Crippen MR) is 50.2 cm³/mol. The van der Waals surface area contributed by atoms with Gasteiger partial charge in [0.05, 0.1) is 4.34 Å². The van der Waals surface area contributed by atoms with Crippen LogP contribution in [0.1, 0.15) is 24.1 Å². The topological polar surface area (TPSA) is 0 Å². The fraction of sp³-hybridized carbons (Fsp3) is 0.444. The normalized spacial score (nSPS) is 21.3. The van der Waals surface area contributed by atoms with E-state index in [2.05, 4.69) is 13.0 Å². The highest BCUT2D eigenvalue weighted by molar-refractivity contribution is 7.16. The van der Waals surface area contributed by atoms with Gasteiger partial charge in [0, 0.05) is 10.3 Å². The molecule has 0 amide bonds. The number of hydrogen-bond donors (Lipinski definition) is 0. The third-order valence-corrected chi connectivity index (χ3v) is 3.88. The van der Waals surface area contributed by atoms with Crippen molar-refractivity contribution in [3.8, 4) is 0 Å². The van der Waals surface area contributed by atoms with Gasteiger partial charge in [-0.05, 0) is 31.9 Å². The van der Waals surface area contributed by atoms with Crippen LogP contribution in [0.25, 0.3) is 0 Å². The van der Waals surface area contributed by atoms with Gasteiger partial charge in [-0.3, -0.25) is 0 Å². The van der Waals surface area contributed by atoms with Crippen LogP contribution in [-0.4, -0.2) is 0 Å². The first-order valence-corrected chi connectivity index (χ1v) is 5.01. The summed E-state index contributed by atoms with van der Waals surface area (Å²) in [4.78, 5) is 1.36. The Kier molecular flexibility index (Phi) is 1.73. The molecule has 1 aliphatic rings. The molecule has 0 unspecified atom stereocenters. The summed E-state index contributed by atoms with van der Waals surface area (Å²) in [7, 11) is 0. The molecule has 0 bridgehead atoms. The molecule has 2 rings (SSSR count). The number of rotatable bonds is 1. The van der Waals surface area contributed by atoms with Crippen molar-refractivity contribution in [2.24, 2.45) is 0 Å². The van der Waals surface area contributed by atoms with E-state index < -0.39 is 0 Å². The molecule has 0 saturated heterocycles. The first-order chi connectivity index (χ1) is 5.21. The lowest BCUT2D eigenvalue weighted by atomic mass is 9.69. The molecule has 1 saturated carbocycles. The van der Waals surface area contributed by atoms with Crippen molar-refractivity contribution in [1.82, 2.24) is 0 Å². The molecular weight excluding hydrogens is 176 g/mol. The zero-order chi connectivity index (χ0) is 7.90. The van der Waals surface area contributed by atoms with Gasteiger partial charge in [0.25, 0.3) is 0 Å². The molecule has 1 aromatic heterocycles. The van der Waals surface area contributed by atoms with Crippen LogP contribution in [0.15, 0.2) is 12.1 Å². The van der Waals surface area contributed by atoms with E-state index in [1.54, 1.807) is 11.3 Å². The Morgan fingerprint density at radius 1 is 1.45 bits per heavy atom. The lowest BCUT2D eigenvalue weighted by molar-refractivity contribution is 0.316. The van der Waals surface area contributed by atoms with Crippen LogP contribution in [0.3, 0.4) is 0 Å². The predicted octanol–water partition coefficient (Wildman–Crippen LogP) is 3.66. The monoisotopic (exact) mass is 185 g/mol. The molecule has 1 radical (unpaired) electrons. The molecule has 1 aromatic rings. The Labute approximate surface area is 76.2 Å². The van der Waals surface area contributed by atoms with Crippen molar-refractivity contribution in [3.63, 3.8) is 0 Å². The minimum atomic E-state index is 0.220. The van der Waals surface area contributed by atoms with E-state index in [0.29, 0.717) is 0 Å². The number of thiophene rings is 1. The second-order valence-corrected chi connectivity index (χ2v) is 4.95. The molecule has 0 nitrogen and oxygen atoms in total. The molecule has 1 heterocycles. The average Bonchev–Trinajstić information content (AvgIpc) is 2.31. The van der Waals surface area contributed by atoms with Crippen LogP contribution in [0, 0.1) is 6.92 Å². The minimum absolute atomic E-state index is 0.220. The van der Waals surface area contributed by atoms with Crippen LogP contribution < -0.4 is 0 Å². The SMILES string of the molecule is [CH2]C1(c2ccc(Cl)s2)CCC1. The molecule has 2 heteroatoms. The molecular formula is C9H10ClS. The molecule has 1 aliphatic carbocycles. The summed E-state index contributed by atoms with van der Waals surface area (Å²) in [5.74, 6) is 0. The summed E-state index contributed by atoms with van der Waals surface area (Å²) in [5.41, 5.74) is 0.220. The molecule has 0 aliphatic heterocycles. The fourth-order valence-electron chi connectivity index (χ4n) is 1.45. The lowest BCUT2D eigenvalue weighted by Crippen LogP contribution is -2.29. The summed E-state index contributed by atoms with van der Waals surface area (Å²) in [6.45, 7) is 4.21. The molecule has 59 valence electrons. The minimum Gasteiger partial charge on any atom is -0.128 e. The van der Waals surface area contributed by atoms with E-state index in [1.165, 1.54) is 24.1 Å². The van der Waals surface area contributed by atoms with Gasteiger partial charge >= 0.3 is 0 Å². The van der Waals surface area contributed by atoms with Gasteiger partial charge in [0.1, 0.15) is 0 Å². The molecule has 0 spiro atoms. The Bertz CT molecular complexity index is 260. The van der Waals surface area contributed by atoms with Crippen LogP contribution in [-0.2, 0) is 5.41 Å². The third-order valence-electron chi connectivity index (χ3n) is 2.41. The van der Waals surface area contributed by atoms with E-state index >= 15 is 0 Å². The first kappa shape index (κ1) is 7.63. The van der Waals surface area contributed by atoms with Crippen LogP contribution in [0.2, 0.25) is 4.34 Å². The molecule has 0 N–H and O–H groups in total. The van der Waals surface area contributed by atoms with Gasteiger partial charge in [0.15, 0.2) is 0 Å². The zero-order valence-corrected chi connectivity index (χ0v) is 7.84. The largest absolute Gasteiger partial charge is 0.128 e. The zero-order valence-electron chi connectivity index (χ0n) is 6.27. The van der Waals surface area contributed by atoms with Crippen molar-refractivity contribution < 1.29 is 0 Å². The van der Waals surface area contributed by atoms with E-state index in [4.69, 9.17) is 11.6 Å². The second-order valence-electron chi connectivity index (χ2n) is 3.24. The Balaban J connectivity index is 2.28. The molecule has 0 atom stereocenters. The maximum Gasteiger partial charge on any atom is 0.0931 e. The van der Waals surface area contributed by atoms with Gasteiger partial charge in [-0.25, -0.2) is 0 Å². The van der Waals surface area contributed by atoms with Crippen molar-refractivity contribution >= 4 is 22.9 Å². The molecule has 1 fully saturated rings. The first-order valence-electron chi connectivity index (χ1n) is 3.82. The smallest absolute Gasteiger partial charge is 0.0931 e. The summed E-state index contributed by atoms with van der Waals surface area (Å²) in [6.07, 6.45) is 3.77. The van der Waals surface area contributed by atoms with Crippen LogP contribution in [0.4, 0.5) is 0 Å². The van der Waals surface area contributed by atoms with E-state index in [0.717, 1.165) is 4.34 Å². The van der Waals surface area contributed by atoms with Crippen LogP contribution in [0.5, 0.6) is 0 Å². The fourth-order valence-corrected chi connectivity index (χ4v) is 2.66. The Hall–Kier alpha value is -0.0100. The van der Waals surface area contributed by atoms with Gasteiger partial charge < -0.3 is 0 Å². The molecule has 0 aromatic carbocycles. The Morgan fingerprint density at radius 3 is 2.55 bits per heavy atom. The van der Waals surface area contributed by atoms with Crippen molar-refractivity contribution in [2.75, 3.05) is 0 Å². The van der Waals surface area contributed by atoms with Gasteiger partial charge in [-0.1, -0.05) is 18.0 Å². The van der Waals surface area contributed by atoms with Crippen LogP contribution >= 0.6 is 22.9 Å². The average molecular weight is 186 g/mol. The highest BCUT2D eigenvalue weighted by atomic mass is 35.5. The summed E-state index contributed by atoms with van der Waals surface area (Å²) >= 11 is 7.51. The third kappa shape index (κ3) is 1.21. The maximum absolute atomic E-state index is 5.84. The van der Waals surface area contributed by atoms with Crippen molar-refractivity contribution in [3.05, 3.63) is 28.3 Å². The van der Waals surface area contributed by atoms with Crippen molar-refractivity contribution in [1.29, 1.82) is 0 Å². The van der Waals surface area contributed by atoms with E-state index in [1.807, 2.05) is 6.07 Å². The standard InChI is InChI=1S/C9H10ClS/c1-9(5-2-6-9)7-3-4-8(10)11-7/h3-4H,1-2,5-6H2. The summed E-state index contributed by atoms with van der Waals surface area (Å²) in [5, 5.41) is 0. The maximum atomic E-state index is 5.84. The van der Waals surface area contributed by atoms with Crippen molar-refractivity contribution in [2.45, 2.75) is 24.7 Å². The number of halogens is 1. The van der Waals surface area contributed by atoms with Gasteiger partial charge in [0.2, 0.25) is 0 Å². The van der Waals surface area contributed by atoms with E-state index in [9.17, 15) is 0 Å². The van der Waals surface area contributed by atoms with Gasteiger partial charge in [-0.2, -0.15) is 0 Å². The summed E-state index contributed by atoms with van der Waals surface area (Å²) < 4.78 is 0.884. The highest BCUT2D eigenvalue weighted by Gasteiger charge is 2.34. The number of hydrogen-bond acceptors (Lipinski definition) is 1.